The maximum Gasteiger partial charge on any atom is 0.120 e. The van der Waals surface area contributed by atoms with E-state index in [-0.39, 0.29) is 0 Å². The zero-order valence-corrected chi connectivity index (χ0v) is 13.6. The van der Waals surface area contributed by atoms with Crippen LogP contribution in [0.5, 0.6) is 0 Å². The van der Waals surface area contributed by atoms with Crippen molar-refractivity contribution in [2.24, 2.45) is 7.05 Å². The Morgan fingerprint density at radius 2 is 2.27 bits per heavy atom. The van der Waals surface area contributed by atoms with Gasteiger partial charge in [0.05, 0.1) is 5.69 Å². The summed E-state index contributed by atoms with van der Waals surface area (Å²) in [5.74, 6) is 1.71. The van der Waals surface area contributed by atoms with Crippen molar-refractivity contribution in [1.29, 1.82) is 5.26 Å². The fourth-order valence-corrected chi connectivity index (χ4v) is 3.33. The van der Waals surface area contributed by atoms with Crippen LogP contribution in [-0.4, -0.2) is 20.7 Å². The average molecular weight is 297 g/mol. The molecule has 1 aliphatic rings. The Kier molecular flexibility index (Phi) is 4.04. The van der Waals surface area contributed by atoms with Gasteiger partial charge in [0.2, 0.25) is 0 Å². The number of aromatic nitrogens is 3. The molecule has 0 unspecified atom stereocenters. The molecule has 0 amide bonds. The number of nitrogens with zero attached hydrogens (tertiary/aromatic N) is 4. The molecule has 0 saturated carbocycles. The van der Waals surface area contributed by atoms with Gasteiger partial charge in [0.25, 0.3) is 0 Å². The van der Waals surface area contributed by atoms with Crippen molar-refractivity contribution in [3.05, 3.63) is 40.7 Å². The van der Waals surface area contributed by atoms with E-state index in [1.807, 2.05) is 17.7 Å². The summed E-state index contributed by atoms with van der Waals surface area (Å²) in [5, 5.41) is 12.6. The largest absolute Gasteiger partial charge is 0.340 e. The Morgan fingerprint density at radius 1 is 1.45 bits per heavy atom. The highest BCUT2D eigenvalue weighted by molar-refractivity contribution is 5.34. The molecule has 5 heteroatoms. The van der Waals surface area contributed by atoms with E-state index in [9.17, 15) is 0 Å². The molecule has 22 heavy (non-hydrogen) atoms. The molecule has 0 aromatic carbocycles. The van der Waals surface area contributed by atoms with Crippen molar-refractivity contribution in [3.63, 3.8) is 0 Å². The molecule has 0 saturated heterocycles. The van der Waals surface area contributed by atoms with E-state index >= 15 is 0 Å². The first-order valence-electron chi connectivity index (χ1n) is 7.90. The second kappa shape index (κ2) is 5.98. The summed E-state index contributed by atoms with van der Waals surface area (Å²) in [6.45, 7) is 6.96. The van der Waals surface area contributed by atoms with E-state index in [4.69, 9.17) is 5.26 Å². The molecule has 5 nitrogen and oxygen atoms in total. The second-order valence-electron chi connectivity index (χ2n) is 6.21. The third kappa shape index (κ3) is 2.67. The molecule has 0 fully saturated rings. The number of fused-ring (bicyclic) bond motifs is 1. The molecule has 1 atom stereocenters. The third-order valence-corrected chi connectivity index (χ3v) is 4.71. The fourth-order valence-electron chi connectivity index (χ4n) is 3.33. The summed E-state index contributed by atoms with van der Waals surface area (Å²) in [4.78, 5) is 4.68. The van der Waals surface area contributed by atoms with Crippen molar-refractivity contribution in [1.82, 2.24) is 19.4 Å². The standard InChI is InChI=1S/C17H23N5/c1-12-11-22-6-4-5-14(17(22)20-12)9-19-10-15-7-16(8-18)21(3)13(15)2/h7,11,14,19H,4-6,9-10H2,1-3H3/t14-/m1/s1. The predicted octanol–water partition coefficient (Wildman–Crippen LogP) is 2.38. The number of nitriles is 1. The van der Waals surface area contributed by atoms with Crippen molar-refractivity contribution in [2.45, 2.75) is 45.7 Å². The smallest absolute Gasteiger partial charge is 0.120 e. The first kappa shape index (κ1) is 14.9. The lowest BCUT2D eigenvalue weighted by molar-refractivity contribution is 0.422. The van der Waals surface area contributed by atoms with Crippen LogP contribution >= 0.6 is 0 Å². The third-order valence-electron chi connectivity index (χ3n) is 4.71. The molecule has 0 aliphatic carbocycles. The zero-order chi connectivity index (χ0) is 15.7. The monoisotopic (exact) mass is 297 g/mol. The minimum absolute atomic E-state index is 0.488. The van der Waals surface area contributed by atoms with Gasteiger partial charge in [-0.05, 0) is 38.3 Å². The van der Waals surface area contributed by atoms with Gasteiger partial charge in [0, 0.05) is 44.5 Å². The fraction of sp³-hybridized carbons (Fsp3) is 0.529. The van der Waals surface area contributed by atoms with E-state index in [1.54, 1.807) is 0 Å². The Hall–Kier alpha value is -2.06. The Balaban J connectivity index is 1.64. The summed E-state index contributed by atoms with van der Waals surface area (Å²) < 4.78 is 4.25. The van der Waals surface area contributed by atoms with E-state index < -0.39 is 0 Å². The van der Waals surface area contributed by atoms with Crippen LogP contribution in [0, 0.1) is 25.2 Å². The van der Waals surface area contributed by atoms with Crippen LogP contribution in [0.25, 0.3) is 0 Å². The summed E-state index contributed by atoms with van der Waals surface area (Å²) in [5.41, 5.74) is 4.19. The van der Waals surface area contributed by atoms with Crippen LogP contribution in [0.2, 0.25) is 0 Å². The Bertz CT molecular complexity index is 716. The minimum atomic E-state index is 0.488. The number of aryl methyl sites for hydroxylation is 2. The maximum absolute atomic E-state index is 9.09. The highest BCUT2D eigenvalue weighted by Crippen LogP contribution is 2.26. The topological polar surface area (TPSA) is 58.6 Å². The molecule has 0 spiro atoms. The van der Waals surface area contributed by atoms with E-state index in [2.05, 4.69) is 41.0 Å². The molecule has 0 radical (unpaired) electrons. The highest BCUT2D eigenvalue weighted by atomic mass is 15.1. The normalized spacial score (nSPS) is 17.3. The molecule has 1 N–H and O–H groups in total. The van der Waals surface area contributed by atoms with Crippen LogP contribution in [0.1, 0.15) is 47.2 Å². The van der Waals surface area contributed by atoms with Gasteiger partial charge in [0.1, 0.15) is 17.6 Å². The molecule has 3 heterocycles. The second-order valence-corrected chi connectivity index (χ2v) is 6.21. The molecule has 1 aliphatic heterocycles. The molecule has 2 aromatic heterocycles. The molecule has 0 bridgehead atoms. The van der Waals surface area contributed by atoms with E-state index in [0.717, 1.165) is 36.7 Å². The molecular weight excluding hydrogens is 274 g/mol. The van der Waals surface area contributed by atoms with Gasteiger partial charge in [-0.3, -0.25) is 0 Å². The lowest BCUT2D eigenvalue weighted by Gasteiger charge is -2.23. The summed E-state index contributed by atoms with van der Waals surface area (Å²) in [7, 11) is 1.94. The maximum atomic E-state index is 9.09. The Morgan fingerprint density at radius 3 is 3.00 bits per heavy atom. The minimum Gasteiger partial charge on any atom is -0.340 e. The molecule has 2 aromatic rings. The van der Waals surface area contributed by atoms with Crippen molar-refractivity contribution < 1.29 is 0 Å². The Labute approximate surface area is 131 Å². The van der Waals surface area contributed by atoms with E-state index in [1.165, 1.54) is 24.2 Å². The van der Waals surface area contributed by atoms with Crippen LogP contribution in [0.15, 0.2) is 12.3 Å². The molecule has 116 valence electrons. The lowest BCUT2D eigenvalue weighted by atomic mass is 9.99. The van der Waals surface area contributed by atoms with Gasteiger partial charge in [-0.25, -0.2) is 4.98 Å². The lowest BCUT2D eigenvalue weighted by Crippen LogP contribution is -2.26. The van der Waals surface area contributed by atoms with Crippen molar-refractivity contribution >= 4 is 0 Å². The quantitative estimate of drug-likeness (QED) is 0.942. The van der Waals surface area contributed by atoms with Gasteiger partial charge in [0.15, 0.2) is 0 Å². The number of hydrogen-bond acceptors (Lipinski definition) is 3. The molecule has 3 rings (SSSR count). The van der Waals surface area contributed by atoms with Crippen LogP contribution in [-0.2, 0) is 20.1 Å². The summed E-state index contributed by atoms with van der Waals surface area (Å²) in [6, 6.07) is 4.21. The SMILES string of the molecule is Cc1cn2c(n1)[C@@H](CNCc1cc(C#N)n(C)c1C)CCC2. The van der Waals surface area contributed by atoms with Gasteiger partial charge in [-0.1, -0.05) is 0 Å². The van der Waals surface area contributed by atoms with Crippen LogP contribution in [0.3, 0.4) is 0 Å². The predicted molar refractivity (Wildman–Crippen MR) is 85.5 cm³/mol. The van der Waals surface area contributed by atoms with Gasteiger partial charge >= 0.3 is 0 Å². The highest BCUT2D eigenvalue weighted by Gasteiger charge is 2.22. The number of nitrogens with one attached hydrogen (secondary N) is 1. The first-order chi connectivity index (χ1) is 10.6. The molecular formula is C17H23N5. The van der Waals surface area contributed by atoms with Gasteiger partial charge in [-0.2, -0.15) is 5.26 Å². The average Bonchev–Trinajstić information content (AvgIpc) is 3.01. The van der Waals surface area contributed by atoms with Crippen molar-refractivity contribution in [3.8, 4) is 6.07 Å². The summed E-state index contributed by atoms with van der Waals surface area (Å²) >= 11 is 0. The number of imidazole rings is 1. The van der Waals surface area contributed by atoms with E-state index in [0.29, 0.717) is 5.92 Å². The van der Waals surface area contributed by atoms with Gasteiger partial charge in [-0.15, -0.1) is 0 Å². The number of rotatable bonds is 4. The summed E-state index contributed by atoms with van der Waals surface area (Å²) in [6.07, 6.45) is 4.57. The zero-order valence-electron chi connectivity index (χ0n) is 13.6. The van der Waals surface area contributed by atoms with Crippen LogP contribution in [0.4, 0.5) is 0 Å². The first-order valence-corrected chi connectivity index (χ1v) is 7.90. The van der Waals surface area contributed by atoms with Crippen molar-refractivity contribution in [2.75, 3.05) is 6.54 Å². The van der Waals surface area contributed by atoms with Gasteiger partial charge < -0.3 is 14.5 Å². The van der Waals surface area contributed by atoms with Crippen LogP contribution < -0.4 is 5.32 Å². The number of hydrogen-bond donors (Lipinski definition) is 1.